The van der Waals surface area contributed by atoms with Crippen molar-refractivity contribution in [2.75, 3.05) is 19.6 Å². The lowest BCUT2D eigenvalue weighted by molar-refractivity contribution is -0.123. The molecule has 0 aromatic heterocycles. The summed E-state index contributed by atoms with van der Waals surface area (Å²) in [7, 11) is 0. The lowest BCUT2D eigenvalue weighted by Crippen LogP contribution is -2.47. The van der Waals surface area contributed by atoms with Crippen LogP contribution in [0.25, 0.3) is 0 Å². The number of carbonyl (C=O) groups excluding carboxylic acids is 1. The Morgan fingerprint density at radius 1 is 1.39 bits per heavy atom. The maximum Gasteiger partial charge on any atom is 0.234 e. The fourth-order valence-electron chi connectivity index (χ4n) is 2.78. The average molecular weight is 253 g/mol. The summed E-state index contributed by atoms with van der Waals surface area (Å²) < 4.78 is 0. The lowest BCUT2D eigenvalue weighted by atomic mass is 9.96. The Hall–Kier alpha value is -0.610. The summed E-state index contributed by atoms with van der Waals surface area (Å²) in [5, 5.41) is 3.05. The molecule has 1 aliphatic carbocycles. The molecule has 2 unspecified atom stereocenters. The first-order chi connectivity index (χ1) is 8.65. The van der Waals surface area contributed by atoms with Crippen molar-refractivity contribution in [3.63, 3.8) is 0 Å². The van der Waals surface area contributed by atoms with Gasteiger partial charge >= 0.3 is 0 Å². The van der Waals surface area contributed by atoms with Gasteiger partial charge in [0, 0.05) is 18.6 Å². The zero-order valence-electron chi connectivity index (χ0n) is 11.5. The number of nitrogens with one attached hydrogen (secondary N) is 1. The van der Waals surface area contributed by atoms with E-state index in [1.807, 2.05) is 0 Å². The van der Waals surface area contributed by atoms with Crippen molar-refractivity contribution < 1.29 is 4.79 Å². The minimum atomic E-state index is 0.193. The van der Waals surface area contributed by atoms with Crippen LogP contribution in [0.4, 0.5) is 0 Å². The summed E-state index contributed by atoms with van der Waals surface area (Å²) in [4.78, 5) is 14.2. The number of nitrogens with two attached hydrogens (primary N) is 1. The van der Waals surface area contributed by atoms with Gasteiger partial charge in [-0.1, -0.05) is 6.42 Å². The van der Waals surface area contributed by atoms with Crippen molar-refractivity contribution in [2.24, 2.45) is 11.7 Å². The lowest BCUT2D eigenvalue weighted by Gasteiger charge is -2.36. The Labute approximate surface area is 110 Å². The Bertz CT molecular complexity index is 276. The van der Waals surface area contributed by atoms with E-state index in [4.69, 9.17) is 5.73 Å². The molecular weight excluding hydrogens is 226 g/mol. The van der Waals surface area contributed by atoms with Crippen LogP contribution in [0.5, 0.6) is 0 Å². The molecule has 0 aromatic carbocycles. The Balaban J connectivity index is 1.74. The largest absolute Gasteiger partial charge is 0.355 e. The Morgan fingerprint density at radius 2 is 2.17 bits per heavy atom. The topological polar surface area (TPSA) is 58.4 Å². The predicted octanol–water partition coefficient (Wildman–Crippen LogP) is 1.10. The predicted molar refractivity (Wildman–Crippen MR) is 73.2 cm³/mol. The molecule has 3 N–H and O–H groups in total. The van der Waals surface area contributed by atoms with Crippen molar-refractivity contribution in [1.29, 1.82) is 0 Å². The Kier molecular flexibility index (Phi) is 5.01. The number of hydrogen-bond donors (Lipinski definition) is 2. The van der Waals surface area contributed by atoms with E-state index in [2.05, 4.69) is 17.1 Å². The van der Waals surface area contributed by atoms with Gasteiger partial charge in [-0.2, -0.15) is 0 Å². The maximum atomic E-state index is 11.9. The monoisotopic (exact) mass is 253 g/mol. The van der Waals surface area contributed by atoms with Gasteiger partial charge in [0.05, 0.1) is 6.54 Å². The first-order valence-corrected chi connectivity index (χ1v) is 7.41. The van der Waals surface area contributed by atoms with Crippen LogP contribution in [0.15, 0.2) is 0 Å². The van der Waals surface area contributed by atoms with Crippen molar-refractivity contribution in [3.8, 4) is 0 Å². The van der Waals surface area contributed by atoms with E-state index in [1.54, 1.807) is 0 Å². The van der Waals surface area contributed by atoms with Crippen LogP contribution >= 0.6 is 0 Å². The summed E-state index contributed by atoms with van der Waals surface area (Å²) >= 11 is 0. The molecule has 0 aromatic rings. The number of carbonyl (C=O) groups is 1. The zero-order valence-corrected chi connectivity index (χ0v) is 11.5. The van der Waals surface area contributed by atoms with E-state index in [0.29, 0.717) is 12.6 Å². The van der Waals surface area contributed by atoms with Gasteiger partial charge in [0.15, 0.2) is 0 Å². The van der Waals surface area contributed by atoms with E-state index >= 15 is 0 Å². The number of amides is 1. The molecule has 0 bridgehead atoms. The molecule has 1 saturated carbocycles. The molecule has 1 aliphatic heterocycles. The standard InChI is InChI=1S/C14H27N3O/c1-11(15)8-13-4-2-3-7-17(13)10-14(18)16-9-12-5-6-12/h11-13H,2-10,15H2,1H3,(H,16,18). The van der Waals surface area contributed by atoms with Crippen molar-refractivity contribution in [3.05, 3.63) is 0 Å². The highest BCUT2D eigenvalue weighted by Crippen LogP contribution is 2.27. The second-order valence-electron chi connectivity index (χ2n) is 6.08. The van der Waals surface area contributed by atoms with Crippen LogP contribution in [-0.2, 0) is 4.79 Å². The van der Waals surface area contributed by atoms with E-state index in [0.717, 1.165) is 25.4 Å². The number of hydrogen-bond acceptors (Lipinski definition) is 3. The molecule has 2 aliphatic rings. The molecule has 2 rings (SSSR count). The van der Waals surface area contributed by atoms with Crippen molar-refractivity contribution in [2.45, 2.75) is 57.5 Å². The summed E-state index contributed by atoms with van der Waals surface area (Å²) in [5.41, 5.74) is 5.90. The first-order valence-electron chi connectivity index (χ1n) is 7.41. The zero-order chi connectivity index (χ0) is 13.0. The van der Waals surface area contributed by atoms with Crippen molar-refractivity contribution in [1.82, 2.24) is 10.2 Å². The van der Waals surface area contributed by atoms with Crippen LogP contribution in [0.1, 0.15) is 45.4 Å². The van der Waals surface area contributed by atoms with E-state index < -0.39 is 0 Å². The van der Waals surface area contributed by atoms with E-state index in [9.17, 15) is 4.79 Å². The second-order valence-corrected chi connectivity index (χ2v) is 6.08. The molecule has 18 heavy (non-hydrogen) atoms. The van der Waals surface area contributed by atoms with Crippen LogP contribution < -0.4 is 11.1 Å². The number of piperidine rings is 1. The number of nitrogens with zero attached hydrogens (tertiary/aromatic N) is 1. The summed E-state index contributed by atoms with van der Waals surface area (Å²) in [5.74, 6) is 0.952. The smallest absolute Gasteiger partial charge is 0.234 e. The van der Waals surface area contributed by atoms with Crippen LogP contribution in [-0.4, -0.2) is 42.5 Å². The molecule has 1 saturated heterocycles. The molecule has 4 nitrogen and oxygen atoms in total. The van der Waals surface area contributed by atoms with E-state index in [1.165, 1.54) is 32.1 Å². The molecule has 1 amide bonds. The quantitative estimate of drug-likeness (QED) is 0.745. The summed E-state index contributed by atoms with van der Waals surface area (Å²) in [6, 6.07) is 0.732. The normalized spacial score (nSPS) is 26.9. The molecule has 104 valence electrons. The third-order valence-electron chi connectivity index (χ3n) is 4.02. The molecular formula is C14H27N3O. The fourth-order valence-corrected chi connectivity index (χ4v) is 2.78. The SMILES string of the molecule is CC(N)CC1CCCCN1CC(=O)NCC1CC1. The van der Waals surface area contributed by atoms with Gasteiger partial charge in [0.25, 0.3) is 0 Å². The third kappa shape index (κ3) is 4.58. The highest BCUT2D eigenvalue weighted by atomic mass is 16.2. The molecule has 2 fully saturated rings. The molecule has 2 atom stereocenters. The summed E-state index contributed by atoms with van der Waals surface area (Å²) in [6.45, 7) is 4.54. The van der Waals surface area contributed by atoms with Gasteiger partial charge in [-0.05, 0) is 51.5 Å². The van der Waals surface area contributed by atoms with Crippen molar-refractivity contribution >= 4 is 5.91 Å². The average Bonchev–Trinajstić information content (AvgIpc) is 3.12. The highest BCUT2D eigenvalue weighted by molar-refractivity contribution is 5.78. The molecule has 1 heterocycles. The van der Waals surface area contributed by atoms with Gasteiger partial charge in [0.1, 0.15) is 0 Å². The van der Waals surface area contributed by atoms with Gasteiger partial charge < -0.3 is 11.1 Å². The van der Waals surface area contributed by atoms with Gasteiger partial charge in [-0.15, -0.1) is 0 Å². The molecule has 0 radical (unpaired) electrons. The third-order valence-corrected chi connectivity index (χ3v) is 4.02. The Morgan fingerprint density at radius 3 is 2.83 bits per heavy atom. The van der Waals surface area contributed by atoms with Gasteiger partial charge in [-0.25, -0.2) is 0 Å². The van der Waals surface area contributed by atoms with Gasteiger partial charge in [0.2, 0.25) is 5.91 Å². The number of likely N-dealkylation sites (tertiary alicyclic amines) is 1. The molecule has 0 spiro atoms. The van der Waals surface area contributed by atoms with Crippen LogP contribution in [0, 0.1) is 5.92 Å². The minimum absolute atomic E-state index is 0.193. The second kappa shape index (κ2) is 6.53. The van der Waals surface area contributed by atoms with Crippen LogP contribution in [0.3, 0.4) is 0 Å². The molecule has 4 heteroatoms. The fraction of sp³-hybridized carbons (Fsp3) is 0.929. The summed E-state index contributed by atoms with van der Waals surface area (Å²) in [6.07, 6.45) is 7.27. The minimum Gasteiger partial charge on any atom is -0.355 e. The number of rotatable bonds is 6. The highest BCUT2D eigenvalue weighted by Gasteiger charge is 2.26. The van der Waals surface area contributed by atoms with Crippen LogP contribution in [0.2, 0.25) is 0 Å². The van der Waals surface area contributed by atoms with E-state index in [-0.39, 0.29) is 11.9 Å². The van der Waals surface area contributed by atoms with Gasteiger partial charge in [-0.3, -0.25) is 9.69 Å². The first kappa shape index (κ1) is 13.8. The maximum absolute atomic E-state index is 11.9.